The van der Waals surface area contributed by atoms with E-state index in [1.807, 2.05) is 0 Å². The van der Waals surface area contributed by atoms with Gasteiger partial charge in [-0.05, 0) is 37.5 Å². The van der Waals surface area contributed by atoms with E-state index in [1.54, 1.807) is 0 Å². The van der Waals surface area contributed by atoms with Crippen molar-refractivity contribution in [2.45, 2.75) is 59.3 Å². The van der Waals surface area contributed by atoms with Crippen LogP contribution in [-0.4, -0.2) is 12.5 Å². The molecule has 1 amide bonds. The summed E-state index contributed by atoms with van der Waals surface area (Å²) < 4.78 is 0. The predicted octanol–water partition coefficient (Wildman–Crippen LogP) is 3.43. The Morgan fingerprint density at radius 2 is 2.12 bits per heavy atom. The fourth-order valence-corrected chi connectivity index (χ4v) is 2.04. The summed E-state index contributed by atoms with van der Waals surface area (Å²) in [5.41, 5.74) is 1.62. The minimum Gasteiger partial charge on any atom is -0.356 e. The molecule has 1 rings (SSSR count). The Kier molecular flexibility index (Phi) is 5.04. The maximum Gasteiger partial charge on any atom is 0.220 e. The number of hydrogen-bond acceptors (Lipinski definition) is 1. The van der Waals surface area contributed by atoms with E-state index in [1.165, 1.54) is 31.3 Å². The van der Waals surface area contributed by atoms with E-state index in [2.05, 4.69) is 32.2 Å². The Morgan fingerprint density at radius 3 is 2.69 bits per heavy atom. The molecule has 0 fully saturated rings. The maximum atomic E-state index is 11.6. The average Bonchev–Trinajstić information content (AvgIpc) is 2.16. The Balaban J connectivity index is 2.15. The number of carbonyl (C=O) groups is 1. The lowest BCUT2D eigenvalue weighted by molar-refractivity contribution is -0.122. The van der Waals surface area contributed by atoms with Gasteiger partial charge in [-0.3, -0.25) is 4.79 Å². The van der Waals surface area contributed by atoms with Crippen LogP contribution >= 0.6 is 0 Å². The van der Waals surface area contributed by atoms with Crippen molar-refractivity contribution in [3.05, 3.63) is 11.6 Å². The van der Waals surface area contributed by atoms with Gasteiger partial charge < -0.3 is 5.32 Å². The van der Waals surface area contributed by atoms with Crippen LogP contribution in [0.2, 0.25) is 0 Å². The number of nitrogens with one attached hydrogen (secondary N) is 1. The van der Waals surface area contributed by atoms with E-state index < -0.39 is 0 Å². The van der Waals surface area contributed by atoms with Crippen LogP contribution in [0.3, 0.4) is 0 Å². The molecular formula is C14H25NO. The van der Waals surface area contributed by atoms with E-state index in [0.29, 0.717) is 6.42 Å². The van der Waals surface area contributed by atoms with Crippen molar-refractivity contribution < 1.29 is 4.79 Å². The smallest absolute Gasteiger partial charge is 0.220 e. The molecule has 0 unspecified atom stereocenters. The van der Waals surface area contributed by atoms with Gasteiger partial charge in [-0.25, -0.2) is 0 Å². The molecule has 0 saturated heterocycles. The highest BCUT2D eigenvalue weighted by Gasteiger charge is 2.15. The standard InChI is InChI=1S/C14H25NO/c1-14(2,3)11-13(16)15-10-9-12-7-5-4-6-8-12/h7H,4-6,8-11H2,1-3H3,(H,15,16). The lowest BCUT2D eigenvalue weighted by Gasteiger charge is -2.18. The molecule has 1 aliphatic rings. The van der Waals surface area contributed by atoms with Gasteiger partial charge in [-0.1, -0.05) is 32.4 Å². The summed E-state index contributed by atoms with van der Waals surface area (Å²) in [5, 5.41) is 3.01. The second kappa shape index (κ2) is 6.07. The highest BCUT2D eigenvalue weighted by molar-refractivity contribution is 5.76. The highest BCUT2D eigenvalue weighted by atomic mass is 16.1. The second-order valence-electron chi connectivity index (χ2n) is 5.95. The van der Waals surface area contributed by atoms with Gasteiger partial charge in [0.1, 0.15) is 0 Å². The van der Waals surface area contributed by atoms with E-state index in [9.17, 15) is 4.79 Å². The first-order chi connectivity index (χ1) is 7.47. The molecule has 2 nitrogen and oxygen atoms in total. The normalized spacial score (nSPS) is 16.8. The lowest BCUT2D eigenvalue weighted by atomic mass is 9.92. The molecule has 16 heavy (non-hydrogen) atoms. The van der Waals surface area contributed by atoms with Crippen molar-refractivity contribution in [1.29, 1.82) is 0 Å². The van der Waals surface area contributed by atoms with Gasteiger partial charge in [-0.2, -0.15) is 0 Å². The summed E-state index contributed by atoms with van der Waals surface area (Å²) in [5.74, 6) is 0.184. The van der Waals surface area contributed by atoms with Crippen molar-refractivity contribution in [2.24, 2.45) is 5.41 Å². The van der Waals surface area contributed by atoms with E-state index in [4.69, 9.17) is 0 Å². The first-order valence-electron chi connectivity index (χ1n) is 6.42. The molecular weight excluding hydrogens is 198 g/mol. The molecule has 2 heteroatoms. The Morgan fingerprint density at radius 1 is 1.38 bits per heavy atom. The molecule has 0 aromatic heterocycles. The molecule has 0 saturated carbocycles. The first-order valence-corrected chi connectivity index (χ1v) is 6.42. The summed E-state index contributed by atoms with van der Waals surface area (Å²) >= 11 is 0. The zero-order valence-corrected chi connectivity index (χ0v) is 10.9. The van der Waals surface area contributed by atoms with Crippen LogP contribution in [-0.2, 0) is 4.79 Å². The first kappa shape index (κ1) is 13.3. The summed E-state index contributed by atoms with van der Waals surface area (Å²) in [7, 11) is 0. The van der Waals surface area contributed by atoms with Crippen molar-refractivity contribution >= 4 is 5.91 Å². The zero-order valence-electron chi connectivity index (χ0n) is 10.9. The van der Waals surface area contributed by atoms with Crippen molar-refractivity contribution in [2.75, 3.05) is 6.54 Å². The van der Waals surface area contributed by atoms with Gasteiger partial charge in [0, 0.05) is 13.0 Å². The van der Waals surface area contributed by atoms with Crippen LogP contribution in [0, 0.1) is 5.41 Å². The van der Waals surface area contributed by atoms with Gasteiger partial charge in [0.05, 0.1) is 0 Å². The molecule has 0 heterocycles. The summed E-state index contributed by atoms with van der Waals surface area (Å²) in [4.78, 5) is 11.6. The van der Waals surface area contributed by atoms with Gasteiger partial charge in [0.15, 0.2) is 0 Å². The minimum atomic E-state index is 0.0915. The van der Waals surface area contributed by atoms with Crippen LogP contribution in [0.25, 0.3) is 0 Å². The Hall–Kier alpha value is -0.790. The summed E-state index contributed by atoms with van der Waals surface area (Å²) in [6, 6.07) is 0. The third kappa shape index (κ3) is 5.94. The largest absolute Gasteiger partial charge is 0.356 e. The number of amides is 1. The maximum absolute atomic E-state index is 11.6. The number of carbonyl (C=O) groups excluding carboxylic acids is 1. The predicted molar refractivity (Wildman–Crippen MR) is 68.2 cm³/mol. The molecule has 0 spiro atoms. The molecule has 0 aromatic rings. The van der Waals surface area contributed by atoms with Gasteiger partial charge in [-0.15, -0.1) is 0 Å². The van der Waals surface area contributed by atoms with Crippen LogP contribution in [0.5, 0.6) is 0 Å². The number of allylic oxidation sites excluding steroid dienone is 1. The quantitative estimate of drug-likeness (QED) is 0.727. The topological polar surface area (TPSA) is 29.1 Å². The lowest BCUT2D eigenvalue weighted by Crippen LogP contribution is -2.28. The van der Waals surface area contributed by atoms with E-state index in [-0.39, 0.29) is 11.3 Å². The van der Waals surface area contributed by atoms with Crippen LogP contribution < -0.4 is 5.32 Å². The molecule has 0 aliphatic heterocycles. The highest BCUT2D eigenvalue weighted by Crippen LogP contribution is 2.20. The molecule has 92 valence electrons. The SMILES string of the molecule is CC(C)(C)CC(=O)NCCC1=CCCCC1. The van der Waals surface area contributed by atoms with Crippen molar-refractivity contribution in [1.82, 2.24) is 5.32 Å². The Bertz CT molecular complexity index is 260. The second-order valence-corrected chi connectivity index (χ2v) is 5.95. The number of rotatable bonds is 4. The Labute approximate surface area is 99.5 Å². The van der Waals surface area contributed by atoms with Gasteiger partial charge in [0.2, 0.25) is 5.91 Å². The fourth-order valence-electron chi connectivity index (χ4n) is 2.04. The minimum absolute atomic E-state index is 0.0915. The van der Waals surface area contributed by atoms with Gasteiger partial charge >= 0.3 is 0 Å². The van der Waals surface area contributed by atoms with Gasteiger partial charge in [0.25, 0.3) is 0 Å². The molecule has 0 bridgehead atoms. The molecule has 0 radical (unpaired) electrons. The van der Waals surface area contributed by atoms with E-state index in [0.717, 1.165) is 13.0 Å². The summed E-state index contributed by atoms with van der Waals surface area (Å²) in [6.45, 7) is 7.09. The van der Waals surface area contributed by atoms with Crippen LogP contribution in [0.4, 0.5) is 0 Å². The third-order valence-corrected chi connectivity index (χ3v) is 2.84. The van der Waals surface area contributed by atoms with Crippen molar-refractivity contribution in [3.8, 4) is 0 Å². The fraction of sp³-hybridized carbons (Fsp3) is 0.786. The molecule has 0 atom stereocenters. The number of hydrogen-bond donors (Lipinski definition) is 1. The monoisotopic (exact) mass is 223 g/mol. The average molecular weight is 223 g/mol. The van der Waals surface area contributed by atoms with Crippen LogP contribution in [0.1, 0.15) is 59.3 Å². The molecule has 0 aromatic carbocycles. The van der Waals surface area contributed by atoms with Crippen molar-refractivity contribution in [3.63, 3.8) is 0 Å². The van der Waals surface area contributed by atoms with E-state index >= 15 is 0 Å². The molecule has 1 aliphatic carbocycles. The third-order valence-electron chi connectivity index (χ3n) is 2.84. The molecule has 1 N–H and O–H groups in total. The van der Waals surface area contributed by atoms with Crippen LogP contribution in [0.15, 0.2) is 11.6 Å². The zero-order chi connectivity index (χ0) is 12.0. The summed E-state index contributed by atoms with van der Waals surface area (Å²) in [6.07, 6.45) is 9.11.